The van der Waals surface area contributed by atoms with Gasteiger partial charge in [-0.1, -0.05) is 5.16 Å². The van der Waals surface area contributed by atoms with Gasteiger partial charge in [-0.2, -0.15) is 0 Å². The molecule has 0 heterocycles. The van der Waals surface area contributed by atoms with Crippen molar-refractivity contribution < 1.29 is 18.4 Å². The maximum atomic E-state index is 11.8. The van der Waals surface area contributed by atoms with Crippen molar-refractivity contribution in [2.24, 2.45) is 16.3 Å². The topological polar surface area (TPSA) is 122 Å². The van der Waals surface area contributed by atoms with Gasteiger partial charge in [0.25, 0.3) is 0 Å². The first kappa shape index (κ1) is 13.8. The molecule has 1 aliphatic rings. The first-order chi connectivity index (χ1) is 7.71. The summed E-state index contributed by atoms with van der Waals surface area (Å²) in [4.78, 5) is 11.8. The van der Waals surface area contributed by atoms with Crippen LogP contribution in [-0.2, 0) is 14.6 Å². The predicted molar refractivity (Wildman–Crippen MR) is 62.4 cm³/mol. The summed E-state index contributed by atoms with van der Waals surface area (Å²) < 4.78 is 22.1. The Morgan fingerprint density at radius 2 is 2.12 bits per heavy atom. The van der Waals surface area contributed by atoms with E-state index >= 15 is 0 Å². The Balaban J connectivity index is 2.62. The lowest BCUT2D eigenvalue weighted by Gasteiger charge is -2.18. The highest BCUT2D eigenvalue weighted by Crippen LogP contribution is 2.46. The van der Waals surface area contributed by atoms with E-state index in [0.717, 1.165) is 6.26 Å². The molecule has 0 spiro atoms. The van der Waals surface area contributed by atoms with E-state index in [1.165, 1.54) is 0 Å². The van der Waals surface area contributed by atoms with Crippen molar-refractivity contribution in [3.8, 4) is 0 Å². The Kier molecular flexibility index (Phi) is 3.65. The number of amides is 1. The molecule has 0 aromatic carbocycles. The summed E-state index contributed by atoms with van der Waals surface area (Å²) in [6, 6.07) is -0.499. The normalized spacial score (nSPS) is 20.7. The zero-order valence-electron chi connectivity index (χ0n) is 9.80. The number of amidine groups is 1. The summed E-state index contributed by atoms with van der Waals surface area (Å²) in [6.45, 7) is 1.60. The molecule has 0 bridgehead atoms. The number of carbonyl (C=O) groups is 1. The van der Waals surface area contributed by atoms with Crippen LogP contribution in [0.15, 0.2) is 5.16 Å². The molecular formula is C9H17N3O4S. The van der Waals surface area contributed by atoms with Gasteiger partial charge in [-0.05, 0) is 19.8 Å². The molecule has 0 aromatic heterocycles. The SMILES string of the molecule is CC(CS(C)(=O)=O)NC(=O)C1(C(N)=NO)CC1. The molecule has 1 fully saturated rings. The van der Waals surface area contributed by atoms with Crippen LogP contribution in [0.5, 0.6) is 0 Å². The number of oxime groups is 1. The lowest BCUT2D eigenvalue weighted by molar-refractivity contribution is -0.124. The molecule has 17 heavy (non-hydrogen) atoms. The van der Waals surface area contributed by atoms with Gasteiger partial charge in [0, 0.05) is 12.3 Å². The Hall–Kier alpha value is -1.31. The summed E-state index contributed by atoms with van der Waals surface area (Å²) in [7, 11) is -3.15. The number of sulfone groups is 1. The minimum absolute atomic E-state index is 0.124. The van der Waals surface area contributed by atoms with Crippen molar-refractivity contribution in [3.63, 3.8) is 0 Å². The highest BCUT2D eigenvalue weighted by Gasteiger charge is 2.54. The van der Waals surface area contributed by atoms with Gasteiger partial charge in [0.2, 0.25) is 5.91 Å². The van der Waals surface area contributed by atoms with Gasteiger partial charge < -0.3 is 16.3 Å². The number of nitrogens with zero attached hydrogens (tertiary/aromatic N) is 1. The fourth-order valence-corrected chi connectivity index (χ4v) is 2.67. The second-order valence-electron chi connectivity index (χ2n) is 4.53. The summed E-state index contributed by atoms with van der Waals surface area (Å²) >= 11 is 0. The summed E-state index contributed by atoms with van der Waals surface area (Å²) in [5, 5.41) is 14.0. The second kappa shape index (κ2) is 4.52. The maximum absolute atomic E-state index is 11.8. The number of nitrogens with two attached hydrogens (primary N) is 1. The Morgan fingerprint density at radius 3 is 2.47 bits per heavy atom. The van der Waals surface area contributed by atoms with Crippen LogP contribution in [0.2, 0.25) is 0 Å². The average molecular weight is 263 g/mol. The van der Waals surface area contributed by atoms with Gasteiger partial charge in [-0.15, -0.1) is 0 Å². The standard InChI is InChI=1S/C9H17N3O4S/c1-6(5-17(2,15)16)11-8(13)9(3-4-9)7(10)12-14/h6,14H,3-5H2,1-2H3,(H2,10,12)(H,11,13). The minimum Gasteiger partial charge on any atom is -0.409 e. The average Bonchev–Trinajstić information content (AvgIpc) is 2.93. The van der Waals surface area contributed by atoms with Crippen molar-refractivity contribution >= 4 is 21.6 Å². The highest BCUT2D eigenvalue weighted by molar-refractivity contribution is 7.90. The fraction of sp³-hybridized carbons (Fsp3) is 0.778. The molecule has 0 aromatic rings. The van der Waals surface area contributed by atoms with Crippen LogP contribution in [0, 0.1) is 5.41 Å². The predicted octanol–water partition coefficient (Wildman–Crippen LogP) is -0.938. The van der Waals surface area contributed by atoms with Gasteiger partial charge in [-0.3, -0.25) is 4.79 Å². The third-order valence-corrected chi connectivity index (χ3v) is 3.82. The number of carbonyl (C=O) groups excluding carboxylic acids is 1. The van der Waals surface area contributed by atoms with E-state index in [-0.39, 0.29) is 17.5 Å². The van der Waals surface area contributed by atoms with Crippen molar-refractivity contribution in [2.45, 2.75) is 25.8 Å². The fourth-order valence-electron chi connectivity index (χ4n) is 1.68. The van der Waals surface area contributed by atoms with Gasteiger partial charge >= 0.3 is 0 Å². The zero-order chi connectivity index (χ0) is 13.3. The van der Waals surface area contributed by atoms with Crippen LogP contribution in [-0.4, -0.2) is 43.4 Å². The van der Waals surface area contributed by atoms with Crippen LogP contribution < -0.4 is 11.1 Å². The van der Waals surface area contributed by atoms with Crippen molar-refractivity contribution in [1.82, 2.24) is 5.32 Å². The van der Waals surface area contributed by atoms with E-state index in [1.807, 2.05) is 0 Å². The second-order valence-corrected chi connectivity index (χ2v) is 6.72. The van der Waals surface area contributed by atoms with E-state index in [4.69, 9.17) is 10.9 Å². The van der Waals surface area contributed by atoms with Gasteiger partial charge in [0.05, 0.1) is 5.75 Å². The third-order valence-electron chi connectivity index (χ3n) is 2.71. The highest BCUT2D eigenvalue weighted by atomic mass is 32.2. The van der Waals surface area contributed by atoms with E-state index in [9.17, 15) is 13.2 Å². The van der Waals surface area contributed by atoms with Crippen LogP contribution in [0.1, 0.15) is 19.8 Å². The minimum atomic E-state index is -3.15. The summed E-state index contributed by atoms with van der Waals surface area (Å²) in [6.07, 6.45) is 2.13. The summed E-state index contributed by atoms with van der Waals surface area (Å²) in [5.41, 5.74) is 4.49. The van der Waals surface area contributed by atoms with Crippen molar-refractivity contribution in [1.29, 1.82) is 0 Å². The lowest BCUT2D eigenvalue weighted by atomic mass is 10.1. The van der Waals surface area contributed by atoms with E-state index in [1.54, 1.807) is 6.92 Å². The molecule has 4 N–H and O–H groups in total. The van der Waals surface area contributed by atoms with Crippen molar-refractivity contribution in [2.75, 3.05) is 12.0 Å². The first-order valence-corrected chi connectivity index (χ1v) is 7.24. The molecule has 0 radical (unpaired) electrons. The van der Waals surface area contributed by atoms with Crippen LogP contribution in [0.25, 0.3) is 0 Å². The Morgan fingerprint density at radius 1 is 1.59 bits per heavy atom. The first-order valence-electron chi connectivity index (χ1n) is 5.18. The lowest BCUT2D eigenvalue weighted by Crippen LogP contribution is -2.46. The number of hydrogen-bond donors (Lipinski definition) is 3. The van der Waals surface area contributed by atoms with E-state index in [0.29, 0.717) is 12.8 Å². The quantitative estimate of drug-likeness (QED) is 0.256. The van der Waals surface area contributed by atoms with Gasteiger partial charge in [-0.25, -0.2) is 8.42 Å². The van der Waals surface area contributed by atoms with Gasteiger partial charge in [0.1, 0.15) is 15.3 Å². The molecule has 1 unspecified atom stereocenters. The largest absolute Gasteiger partial charge is 0.409 e. The maximum Gasteiger partial charge on any atom is 0.234 e. The zero-order valence-corrected chi connectivity index (χ0v) is 10.6. The third kappa shape index (κ3) is 3.32. The molecule has 1 atom stereocenters. The molecule has 1 rings (SSSR count). The smallest absolute Gasteiger partial charge is 0.234 e. The molecule has 0 saturated heterocycles. The number of nitrogens with one attached hydrogen (secondary N) is 1. The Bertz CT molecular complexity index is 439. The summed E-state index contributed by atoms with van der Waals surface area (Å²) in [5.74, 6) is -0.643. The van der Waals surface area contributed by atoms with E-state index < -0.39 is 21.3 Å². The molecule has 1 aliphatic carbocycles. The van der Waals surface area contributed by atoms with Gasteiger partial charge in [0.15, 0.2) is 5.84 Å². The molecule has 1 saturated carbocycles. The van der Waals surface area contributed by atoms with Crippen LogP contribution in [0.3, 0.4) is 0 Å². The van der Waals surface area contributed by atoms with E-state index in [2.05, 4.69) is 10.5 Å². The number of hydrogen-bond acceptors (Lipinski definition) is 5. The Labute approximate surface area is 100.0 Å². The molecule has 8 heteroatoms. The monoisotopic (exact) mass is 263 g/mol. The van der Waals surface area contributed by atoms with Crippen LogP contribution >= 0.6 is 0 Å². The van der Waals surface area contributed by atoms with Crippen LogP contribution in [0.4, 0.5) is 0 Å². The number of rotatable bonds is 5. The molecule has 1 amide bonds. The molecular weight excluding hydrogens is 246 g/mol. The molecule has 0 aliphatic heterocycles. The molecule has 7 nitrogen and oxygen atoms in total. The van der Waals surface area contributed by atoms with Crippen molar-refractivity contribution in [3.05, 3.63) is 0 Å². The molecule has 98 valence electrons.